The molecule has 3 heterocycles. The molecule has 2 aliphatic rings. The lowest BCUT2D eigenvalue weighted by Crippen LogP contribution is -2.40. The van der Waals surface area contributed by atoms with Crippen molar-refractivity contribution in [3.05, 3.63) is 39.3 Å². The Morgan fingerprint density at radius 2 is 2.30 bits per heavy atom. The fourth-order valence-corrected chi connectivity index (χ4v) is 4.38. The number of hydrogen-bond donors (Lipinski definition) is 2. The summed E-state index contributed by atoms with van der Waals surface area (Å²) >= 11 is 13.3. The van der Waals surface area contributed by atoms with Crippen molar-refractivity contribution in [2.45, 2.75) is 11.8 Å². The summed E-state index contributed by atoms with van der Waals surface area (Å²) in [5.74, 6) is 0. The molecule has 1 unspecified atom stereocenters. The number of carbonyl (C=O) groups is 1. The molecule has 4 rings (SSSR count). The lowest BCUT2D eigenvalue weighted by Gasteiger charge is -2.23. The highest BCUT2D eigenvalue weighted by atomic mass is 35.5. The summed E-state index contributed by atoms with van der Waals surface area (Å²) in [7, 11) is 0. The van der Waals surface area contributed by atoms with E-state index in [9.17, 15) is 4.79 Å². The zero-order chi connectivity index (χ0) is 16.0. The lowest BCUT2D eigenvalue weighted by molar-refractivity contribution is 0.256. The SMILES string of the molecule is O=C(Nc1ncc(Cl)s1)N1CC2(CCNC2)c2cc(Cl)ccc21. The van der Waals surface area contributed by atoms with Crippen molar-refractivity contribution in [1.82, 2.24) is 10.3 Å². The van der Waals surface area contributed by atoms with Gasteiger partial charge in [-0.05, 0) is 36.7 Å². The smallest absolute Gasteiger partial charge is 0.316 e. The first-order chi connectivity index (χ1) is 11.1. The van der Waals surface area contributed by atoms with Crippen molar-refractivity contribution < 1.29 is 4.79 Å². The van der Waals surface area contributed by atoms with E-state index in [1.54, 1.807) is 4.90 Å². The van der Waals surface area contributed by atoms with Gasteiger partial charge in [0.15, 0.2) is 5.13 Å². The minimum Gasteiger partial charge on any atom is -0.316 e. The molecule has 0 bridgehead atoms. The minimum absolute atomic E-state index is 0.0574. The molecule has 1 atom stereocenters. The third-order valence-corrected chi connectivity index (χ3v) is 5.73. The summed E-state index contributed by atoms with van der Waals surface area (Å²) in [5.41, 5.74) is 2.00. The topological polar surface area (TPSA) is 57.3 Å². The molecule has 1 fully saturated rings. The van der Waals surface area contributed by atoms with E-state index in [0.717, 1.165) is 30.8 Å². The second-order valence-corrected chi connectivity index (χ2v) is 7.95. The number of benzene rings is 1. The highest BCUT2D eigenvalue weighted by Gasteiger charge is 2.46. The molecule has 0 radical (unpaired) electrons. The van der Waals surface area contributed by atoms with Gasteiger partial charge in [0, 0.05) is 29.2 Å². The second-order valence-electron chi connectivity index (χ2n) is 5.85. The summed E-state index contributed by atoms with van der Waals surface area (Å²) in [6.45, 7) is 2.44. The predicted molar refractivity (Wildman–Crippen MR) is 94.1 cm³/mol. The number of thiazole rings is 1. The van der Waals surface area contributed by atoms with Crippen LogP contribution < -0.4 is 15.5 Å². The number of rotatable bonds is 1. The molecule has 8 heteroatoms. The van der Waals surface area contributed by atoms with Crippen LogP contribution in [-0.2, 0) is 5.41 Å². The van der Waals surface area contributed by atoms with E-state index in [4.69, 9.17) is 23.2 Å². The quantitative estimate of drug-likeness (QED) is 0.805. The normalized spacial score (nSPS) is 22.6. The van der Waals surface area contributed by atoms with Crippen LogP contribution in [0.4, 0.5) is 15.6 Å². The molecule has 1 spiro atoms. The van der Waals surface area contributed by atoms with Crippen LogP contribution in [0.25, 0.3) is 0 Å². The molecule has 0 saturated carbocycles. The van der Waals surface area contributed by atoms with Gasteiger partial charge in [-0.1, -0.05) is 34.5 Å². The summed E-state index contributed by atoms with van der Waals surface area (Å²) in [6.07, 6.45) is 2.52. The number of aromatic nitrogens is 1. The van der Waals surface area contributed by atoms with Crippen molar-refractivity contribution in [3.63, 3.8) is 0 Å². The first-order valence-corrected chi connectivity index (χ1v) is 8.85. The highest BCUT2D eigenvalue weighted by Crippen LogP contribution is 2.45. The van der Waals surface area contributed by atoms with Crippen molar-refractivity contribution in [2.75, 3.05) is 29.9 Å². The number of anilines is 2. The molecular weight excluding hydrogens is 355 g/mol. The van der Waals surface area contributed by atoms with Crippen LogP contribution in [0.15, 0.2) is 24.4 Å². The Hall–Kier alpha value is -1.34. The maximum absolute atomic E-state index is 12.7. The average molecular weight is 369 g/mol. The predicted octanol–water partition coefficient (Wildman–Crippen LogP) is 3.73. The Bertz CT molecular complexity index is 773. The van der Waals surface area contributed by atoms with Gasteiger partial charge in [-0.25, -0.2) is 9.78 Å². The van der Waals surface area contributed by atoms with E-state index in [0.29, 0.717) is 21.0 Å². The molecule has 1 aromatic heterocycles. The molecule has 2 aliphatic heterocycles. The molecule has 1 aromatic carbocycles. The molecule has 2 N–H and O–H groups in total. The van der Waals surface area contributed by atoms with Gasteiger partial charge in [0.05, 0.1) is 6.20 Å². The fourth-order valence-electron chi connectivity index (χ4n) is 3.40. The molecule has 23 heavy (non-hydrogen) atoms. The van der Waals surface area contributed by atoms with E-state index in [1.807, 2.05) is 18.2 Å². The van der Waals surface area contributed by atoms with Gasteiger partial charge >= 0.3 is 6.03 Å². The molecule has 1 saturated heterocycles. The van der Waals surface area contributed by atoms with E-state index in [1.165, 1.54) is 17.5 Å². The van der Waals surface area contributed by atoms with Crippen molar-refractivity contribution in [2.24, 2.45) is 0 Å². The Labute approximate surface area is 147 Å². The lowest BCUT2D eigenvalue weighted by atomic mass is 9.82. The standard InChI is InChI=1S/C15H14Cl2N4OS/c16-9-1-2-11-10(5-9)15(3-4-18-7-15)8-21(11)14(22)20-13-19-6-12(17)23-13/h1-2,5-6,18H,3-4,7-8H2,(H,19,20,22). The van der Waals surface area contributed by atoms with Gasteiger partial charge in [0.2, 0.25) is 0 Å². The zero-order valence-corrected chi connectivity index (χ0v) is 14.4. The number of nitrogens with one attached hydrogen (secondary N) is 2. The van der Waals surface area contributed by atoms with E-state index in [2.05, 4.69) is 15.6 Å². The van der Waals surface area contributed by atoms with Crippen molar-refractivity contribution in [1.29, 1.82) is 0 Å². The molecule has 2 aromatic rings. The van der Waals surface area contributed by atoms with Gasteiger partial charge in [-0.15, -0.1) is 0 Å². The summed E-state index contributed by atoms with van der Waals surface area (Å²) in [6, 6.07) is 5.53. The van der Waals surface area contributed by atoms with E-state index >= 15 is 0 Å². The number of halogens is 2. The van der Waals surface area contributed by atoms with Crippen LogP contribution in [0, 0.1) is 0 Å². The fraction of sp³-hybridized carbons (Fsp3) is 0.333. The maximum Gasteiger partial charge on any atom is 0.328 e. The zero-order valence-electron chi connectivity index (χ0n) is 12.1. The Kier molecular flexibility index (Phi) is 3.72. The largest absolute Gasteiger partial charge is 0.328 e. The van der Waals surface area contributed by atoms with Crippen LogP contribution in [0.2, 0.25) is 9.36 Å². The van der Waals surface area contributed by atoms with E-state index in [-0.39, 0.29) is 11.4 Å². The van der Waals surface area contributed by atoms with E-state index < -0.39 is 0 Å². The summed E-state index contributed by atoms with van der Waals surface area (Å²) in [5, 5.41) is 7.42. The Morgan fingerprint density at radius 1 is 1.43 bits per heavy atom. The number of carbonyl (C=O) groups excluding carboxylic acids is 1. The Morgan fingerprint density at radius 3 is 3.00 bits per heavy atom. The van der Waals surface area contributed by atoms with Crippen molar-refractivity contribution in [3.8, 4) is 0 Å². The first kappa shape index (κ1) is 15.2. The first-order valence-electron chi connectivity index (χ1n) is 7.28. The minimum atomic E-state index is -0.191. The average Bonchev–Trinajstić information content (AvgIpc) is 3.22. The van der Waals surface area contributed by atoms with Gasteiger partial charge in [0.1, 0.15) is 4.34 Å². The van der Waals surface area contributed by atoms with Crippen LogP contribution >= 0.6 is 34.5 Å². The summed E-state index contributed by atoms with van der Waals surface area (Å²) < 4.78 is 0.547. The van der Waals surface area contributed by atoms with Gasteiger partial charge in [-0.3, -0.25) is 10.2 Å². The van der Waals surface area contributed by atoms with Gasteiger partial charge in [0.25, 0.3) is 0 Å². The van der Waals surface area contributed by atoms with Gasteiger partial charge < -0.3 is 5.32 Å². The summed E-state index contributed by atoms with van der Waals surface area (Å²) in [4.78, 5) is 18.5. The maximum atomic E-state index is 12.7. The number of hydrogen-bond acceptors (Lipinski definition) is 4. The Balaban J connectivity index is 1.66. The monoisotopic (exact) mass is 368 g/mol. The highest BCUT2D eigenvalue weighted by molar-refractivity contribution is 7.19. The number of nitrogens with zero attached hydrogens (tertiary/aromatic N) is 2. The molecule has 2 amide bonds. The molecule has 120 valence electrons. The van der Waals surface area contributed by atoms with Crippen molar-refractivity contribution >= 4 is 51.4 Å². The van der Waals surface area contributed by atoms with Crippen LogP contribution in [0.3, 0.4) is 0 Å². The van der Waals surface area contributed by atoms with Crippen LogP contribution in [-0.4, -0.2) is 30.6 Å². The molecule has 0 aliphatic carbocycles. The van der Waals surface area contributed by atoms with Crippen LogP contribution in [0.1, 0.15) is 12.0 Å². The number of fused-ring (bicyclic) bond motifs is 2. The van der Waals surface area contributed by atoms with Crippen LogP contribution in [0.5, 0.6) is 0 Å². The third-order valence-electron chi connectivity index (χ3n) is 4.46. The molecule has 5 nitrogen and oxygen atoms in total. The number of amides is 2. The third kappa shape index (κ3) is 2.59. The second kappa shape index (κ2) is 5.63. The van der Waals surface area contributed by atoms with Gasteiger partial charge in [-0.2, -0.15) is 0 Å². The number of urea groups is 1. The molecular formula is C15H14Cl2N4OS.